The molecular weight excluding hydrogens is 239 g/mol. The van der Waals surface area contributed by atoms with Crippen LogP contribution in [0.15, 0.2) is 18.2 Å². The van der Waals surface area contributed by atoms with E-state index in [2.05, 4.69) is 0 Å². The molecule has 0 aromatic heterocycles. The van der Waals surface area contributed by atoms with Crippen molar-refractivity contribution in [2.75, 3.05) is 5.32 Å². The molecule has 0 aliphatic heterocycles. The summed E-state index contributed by atoms with van der Waals surface area (Å²) < 4.78 is 37.7. The number of aromatic carboxylic acids is 1. The fourth-order valence-corrected chi connectivity index (χ4v) is 1.27. The van der Waals surface area contributed by atoms with Gasteiger partial charge in [0.2, 0.25) is 5.91 Å². The molecule has 0 heterocycles. The highest BCUT2D eigenvalue weighted by Crippen LogP contribution is 2.36. The molecule has 0 spiro atoms. The SMILES string of the molecule is CC(=O)Nc1c(C(=O)[O-])cccc1C(F)(F)F. The highest BCUT2D eigenvalue weighted by Gasteiger charge is 2.34. The molecule has 17 heavy (non-hydrogen) atoms. The Morgan fingerprint density at radius 2 is 1.88 bits per heavy atom. The topological polar surface area (TPSA) is 69.2 Å². The predicted molar refractivity (Wildman–Crippen MR) is 50.1 cm³/mol. The van der Waals surface area contributed by atoms with Gasteiger partial charge in [0, 0.05) is 12.5 Å². The number of carboxylic acids is 1. The van der Waals surface area contributed by atoms with Gasteiger partial charge in [-0.25, -0.2) is 0 Å². The third kappa shape index (κ3) is 2.96. The Bertz CT molecular complexity index is 468. The second-order valence-electron chi connectivity index (χ2n) is 3.19. The lowest BCUT2D eigenvalue weighted by Gasteiger charge is -2.17. The summed E-state index contributed by atoms with van der Waals surface area (Å²) in [6.45, 7) is 0.978. The van der Waals surface area contributed by atoms with E-state index in [1.165, 1.54) is 0 Å². The van der Waals surface area contributed by atoms with Crippen molar-refractivity contribution in [2.45, 2.75) is 13.1 Å². The van der Waals surface area contributed by atoms with Crippen molar-refractivity contribution in [3.05, 3.63) is 29.3 Å². The number of amides is 1. The molecule has 0 bridgehead atoms. The van der Waals surface area contributed by atoms with Crippen molar-refractivity contribution in [3.8, 4) is 0 Å². The van der Waals surface area contributed by atoms with Gasteiger partial charge >= 0.3 is 6.18 Å². The first kappa shape index (κ1) is 13.0. The molecule has 0 radical (unpaired) electrons. The second kappa shape index (κ2) is 4.44. The van der Waals surface area contributed by atoms with Gasteiger partial charge in [0.15, 0.2) is 0 Å². The van der Waals surface area contributed by atoms with Crippen molar-refractivity contribution < 1.29 is 27.9 Å². The van der Waals surface area contributed by atoms with E-state index in [0.717, 1.165) is 19.1 Å². The summed E-state index contributed by atoms with van der Waals surface area (Å²) in [7, 11) is 0. The fourth-order valence-electron chi connectivity index (χ4n) is 1.27. The Morgan fingerprint density at radius 1 is 1.29 bits per heavy atom. The molecule has 0 atom stereocenters. The zero-order valence-corrected chi connectivity index (χ0v) is 8.59. The first-order valence-electron chi connectivity index (χ1n) is 4.42. The summed E-state index contributed by atoms with van der Waals surface area (Å²) in [5.74, 6) is -2.59. The Hall–Kier alpha value is -2.05. The van der Waals surface area contributed by atoms with Crippen LogP contribution < -0.4 is 10.4 Å². The molecule has 0 saturated heterocycles. The maximum atomic E-state index is 12.6. The molecular formula is C10H7F3NO3-. The van der Waals surface area contributed by atoms with Gasteiger partial charge in [-0.05, 0) is 6.07 Å². The van der Waals surface area contributed by atoms with E-state index < -0.39 is 34.9 Å². The number of rotatable bonds is 2. The normalized spacial score (nSPS) is 11.1. The number of anilines is 1. The zero-order chi connectivity index (χ0) is 13.2. The second-order valence-corrected chi connectivity index (χ2v) is 3.19. The first-order valence-corrected chi connectivity index (χ1v) is 4.42. The van der Waals surface area contributed by atoms with Gasteiger partial charge < -0.3 is 15.2 Å². The number of para-hydroxylation sites is 1. The number of hydrogen-bond acceptors (Lipinski definition) is 3. The summed E-state index contributed by atoms with van der Waals surface area (Å²) in [6.07, 6.45) is -4.76. The third-order valence-corrected chi connectivity index (χ3v) is 1.89. The minimum Gasteiger partial charge on any atom is -0.545 e. The van der Waals surface area contributed by atoms with Crippen LogP contribution in [0.1, 0.15) is 22.8 Å². The van der Waals surface area contributed by atoms with Crippen LogP contribution in [0, 0.1) is 0 Å². The number of carbonyl (C=O) groups excluding carboxylic acids is 2. The molecule has 1 aromatic carbocycles. The summed E-state index contributed by atoms with van der Waals surface area (Å²) in [5, 5.41) is 12.5. The number of hydrogen-bond donors (Lipinski definition) is 1. The van der Waals surface area contributed by atoms with Crippen LogP contribution in [0.4, 0.5) is 18.9 Å². The van der Waals surface area contributed by atoms with E-state index in [1.54, 1.807) is 0 Å². The fraction of sp³-hybridized carbons (Fsp3) is 0.200. The summed E-state index contributed by atoms with van der Waals surface area (Å²) in [5.41, 5.74) is -2.74. The van der Waals surface area contributed by atoms with E-state index in [4.69, 9.17) is 0 Å². The third-order valence-electron chi connectivity index (χ3n) is 1.89. The maximum Gasteiger partial charge on any atom is 0.418 e. The molecule has 0 fully saturated rings. The Balaban J connectivity index is 3.45. The van der Waals surface area contributed by atoms with Crippen LogP contribution in [0.5, 0.6) is 0 Å². The van der Waals surface area contributed by atoms with Gasteiger partial charge in [-0.2, -0.15) is 13.2 Å². The van der Waals surface area contributed by atoms with Gasteiger partial charge in [0.25, 0.3) is 0 Å². The average molecular weight is 246 g/mol. The highest BCUT2D eigenvalue weighted by atomic mass is 19.4. The predicted octanol–water partition coefficient (Wildman–Crippen LogP) is 1.03. The van der Waals surface area contributed by atoms with E-state index in [1.807, 2.05) is 5.32 Å². The van der Waals surface area contributed by atoms with Crippen LogP contribution >= 0.6 is 0 Å². The number of alkyl halides is 3. The Morgan fingerprint density at radius 3 is 2.29 bits per heavy atom. The number of carboxylic acid groups (broad SMARTS) is 1. The van der Waals surface area contributed by atoms with Crippen LogP contribution in [-0.4, -0.2) is 11.9 Å². The van der Waals surface area contributed by atoms with Crippen molar-refractivity contribution >= 4 is 17.6 Å². The molecule has 4 nitrogen and oxygen atoms in total. The maximum absolute atomic E-state index is 12.6. The van der Waals surface area contributed by atoms with Gasteiger partial charge in [-0.15, -0.1) is 0 Å². The van der Waals surface area contributed by atoms with Crippen LogP contribution in [-0.2, 0) is 11.0 Å². The highest BCUT2D eigenvalue weighted by molar-refractivity contribution is 6.00. The van der Waals surface area contributed by atoms with Crippen molar-refractivity contribution in [1.82, 2.24) is 0 Å². The quantitative estimate of drug-likeness (QED) is 0.847. The lowest BCUT2D eigenvalue weighted by atomic mass is 10.1. The van der Waals surface area contributed by atoms with Gasteiger partial charge in [0.1, 0.15) is 0 Å². The molecule has 1 amide bonds. The minimum absolute atomic E-state index is 0.678. The van der Waals surface area contributed by atoms with Crippen molar-refractivity contribution in [3.63, 3.8) is 0 Å². The molecule has 7 heteroatoms. The monoisotopic (exact) mass is 246 g/mol. The molecule has 1 N–H and O–H groups in total. The van der Waals surface area contributed by atoms with Gasteiger partial charge in [-0.3, -0.25) is 4.79 Å². The van der Waals surface area contributed by atoms with E-state index >= 15 is 0 Å². The lowest BCUT2D eigenvalue weighted by Crippen LogP contribution is -2.26. The smallest absolute Gasteiger partial charge is 0.418 e. The Labute approximate surface area is 94.1 Å². The molecule has 1 aromatic rings. The van der Waals surface area contributed by atoms with E-state index in [9.17, 15) is 27.9 Å². The van der Waals surface area contributed by atoms with Crippen LogP contribution in [0.2, 0.25) is 0 Å². The number of carbonyl (C=O) groups is 2. The first-order chi connectivity index (χ1) is 7.73. The molecule has 1 rings (SSSR count). The van der Waals surface area contributed by atoms with Gasteiger partial charge in [-0.1, -0.05) is 12.1 Å². The standard InChI is InChI=1S/C10H8F3NO3/c1-5(15)14-8-6(9(16)17)3-2-4-7(8)10(11,12)13/h2-4H,1H3,(H,14,15)(H,16,17)/p-1. The minimum atomic E-state index is -4.76. The van der Waals surface area contributed by atoms with Crippen LogP contribution in [0.25, 0.3) is 0 Å². The summed E-state index contributed by atoms with van der Waals surface area (Å²) in [4.78, 5) is 21.4. The van der Waals surface area contributed by atoms with Crippen molar-refractivity contribution in [1.29, 1.82) is 0 Å². The molecule has 0 aliphatic carbocycles. The Kier molecular flexibility index (Phi) is 3.40. The number of nitrogens with one attached hydrogen (secondary N) is 1. The molecule has 0 saturated carbocycles. The lowest BCUT2D eigenvalue weighted by molar-refractivity contribution is -0.254. The largest absolute Gasteiger partial charge is 0.545 e. The molecule has 92 valence electrons. The van der Waals surface area contributed by atoms with Crippen molar-refractivity contribution in [2.24, 2.45) is 0 Å². The van der Waals surface area contributed by atoms with Crippen LogP contribution in [0.3, 0.4) is 0 Å². The van der Waals surface area contributed by atoms with E-state index in [-0.39, 0.29) is 0 Å². The average Bonchev–Trinajstić information content (AvgIpc) is 2.14. The molecule has 0 aliphatic rings. The zero-order valence-electron chi connectivity index (χ0n) is 8.59. The summed E-state index contributed by atoms with van der Waals surface area (Å²) >= 11 is 0. The summed E-state index contributed by atoms with van der Waals surface area (Å²) in [6, 6.07) is 2.53. The molecule has 0 unspecified atom stereocenters. The van der Waals surface area contributed by atoms with Gasteiger partial charge in [0.05, 0.1) is 17.2 Å². The van der Waals surface area contributed by atoms with E-state index in [0.29, 0.717) is 6.07 Å². The number of benzene rings is 1. The number of halogens is 3.